The van der Waals surface area contributed by atoms with Crippen LogP contribution in [0, 0.1) is 0 Å². The van der Waals surface area contributed by atoms with Crippen molar-refractivity contribution in [2.45, 2.75) is 50.0 Å². The summed E-state index contributed by atoms with van der Waals surface area (Å²) in [7, 11) is 0. The monoisotopic (exact) mass is 396 g/mol. The second-order valence-corrected chi connectivity index (χ2v) is 7.54. The van der Waals surface area contributed by atoms with E-state index in [4.69, 9.17) is 4.74 Å². The molecule has 2 aliphatic rings. The van der Waals surface area contributed by atoms with E-state index in [1.165, 1.54) is 0 Å². The number of phenolic OH excluding ortho intramolecular Hbond substituents is 1. The maximum absolute atomic E-state index is 14.7. The van der Waals surface area contributed by atoms with Crippen LogP contribution in [0.3, 0.4) is 0 Å². The Kier molecular flexibility index (Phi) is 4.59. The molecule has 0 amide bonds. The minimum absolute atomic E-state index is 0.0518. The molecular weight excluding hydrogens is 375 g/mol. The highest BCUT2D eigenvalue weighted by Gasteiger charge is 2.41. The molecule has 0 spiro atoms. The zero-order valence-corrected chi connectivity index (χ0v) is 15.6. The number of nitrogens with zero attached hydrogens (tertiary/aromatic N) is 5. The number of fused-ring (bicyclic) bond motifs is 2. The van der Waals surface area contributed by atoms with Gasteiger partial charge in [-0.25, -0.2) is 9.07 Å². The van der Waals surface area contributed by atoms with Gasteiger partial charge in [0.15, 0.2) is 6.17 Å². The Morgan fingerprint density at radius 3 is 2.86 bits per heavy atom. The van der Waals surface area contributed by atoms with Crippen molar-refractivity contribution in [3.63, 3.8) is 0 Å². The van der Waals surface area contributed by atoms with Crippen LogP contribution in [0.5, 0.6) is 11.6 Å². The highest BCUT2D eigenvalue weighted by atomic mass is 19.1. The van der Waals surface area contributed by atoms with Crippen molar-refractivity contribution in [1.82, 2.24) is 30.5 Å². The molecule has 3 aromatic rings. The SMILES string of the molecule is Oc1cc(-n2ccnn2)ccc1-c1ccc(O[C@H]2CC3CCCC(N3)[C@H]2F)nn1. The number of ether oxygens (including phenoxy) is 1. The molecule has 9 heteroatoms. The fourth-order valence-corrected chi connectivity index (χ4v) is 4.18. The van der Waals surface area contributed by atoms with Gasteiger partial charge in [-0.15, -0.1) is 15.3 Å². The second-order valence-electron chi connectivity index (χ2n) is 7.54. The van der Waals surface area contributed by atoms with Gasteiger partial charge in [0, 0.05) is 36.2 Å². The molecule has 2 saturated heterocycles. The number of nitrogens with one attached hydrogen (secondary N) is 1. The molecule has 2 N–H and O–H groups in total. The fourth-order valence-electron chi connectivity index (χ4n) is 4.18. The molecule has 2 unspecified atom stereocenters. The average molecular weight is 396 g/mol. The molecule has 2 aromatic heterocycles. The van der Waals surface area contributed by atoms with Gasteiger partial charge in [-0.05, 0) is 31.0 Å². The van der Waals surface area contributed by atoms with E-state index in [0.717, 1.165) is 19.3 Å². The fraction of sp³-hybridized carbons (Fsp3) is 0.400. The summed E-state index contributed by atoms with van der Waals surface area (Å²) in [6, 6.07) is 8.66. The molecule has 0 radical (unpaired) electrons. The molecule has 4 heterocycles. The van der Waals surface area contributed by atoms with Gasteiger partial charge in [0.2, 0.25) is 5.88 Å². The van der Waals surface area contributed by atoms with Crippen LogP contribution in [0.1, 0.15) is 25.7 Å². The number of hydrogen-bond donors (Lipinski definition) is 2. The Hall–Kier alpha value is -3.07. The van der Waals surface area contributed by atoms with E-state index >= 15 is 0 Å². The van der Waals surface area contributed by atoms with Crippen LogP contribution in [-0.2, 0) is 0 Å². The molecule has 1 aromatic carbocycles. The van der Waals surface area contributed by atoms with Gasteiger partial charge in [0.1, 0.15) is 11.9 Å². The number of alkyl halides is 1. The summed E-state index contributed by atoms with van der Waals surface area (Å²) in [6.07, 6.45) is 5.27. The largest absolute Gasteiger partial charge is 0.507 e. The lowest BCUT2D eigenvalue weighted by atomic mass is 9.84. The number of piperidine rings is 2. The number of rotatable bonds is 4. The average Bonchev–Trinajstić information content (AvgIpc) is 3.28. The molecule has 0 saturated carbocycles. The van der Waals surface area contributed by atoms with E-state index in [0.29, 0.717) is 35.3 Å². The molecule has 29 heavy (non-hydrogen) atoms. The third kappa shape index (κ3) is 3.53. The first-order chi connectivity index (χ1) is 14.2. The van der Waals surface area contributed by atoms with Gasteiger partial charge in [-0.2, -0.15) is 0 Å². The van der Waals surface area contributed by atoms with E-state index in [1.807, 2.05) is 0 Å². The predicted octanol–water partition coefficient (Wildman–Crippen LogP) is 2.43. The van der Waals surface area contributed by atoms with Gasteiger partial charge in [0.25, 0.3) is 0 Å². The Morgan fingerprint density at radius 1 is 1.17 bits per heavy atom. The van der Waals surface area contributed by atoms with E-state index in [9.17, 15) is 9.50 Å². The first kappa shape index (κ1) is 18.0. The number of phenols is 1. The highest BCUT2D eigenvalue weighted by Crippen LogP contribution is 2.32. The maximum atomic E-state index is 14.7. The molecule has 2 bridgehead atoms. The summed E-state index contributed by atoms with van der Waals surface area (Å²) in [6.45, 7) is 0. The predicted molar refractivity (Wildman–Crippen MR) is 103 cm³/mol. The number of benzene rings is 1. The van der Waals surface area contributed by atoms with Crippen molar-refractivity contribution < 1.29 is 14.2 Å². The standard InChI is InChI=1S/C20H21FN6O2/c21-20-16-3-1-2-12(23-16)10-18(20)29-19-7-6-15(24-25-19)14-5-4-13(11-17(14)28)27-9-8-22-26-27/h4-9,11-12,16,18,20,23,28H,1-3,10H2/t12?,16?,18-,20+/m0/s1. The van der Waals surface area contributed by atoms with E-state index in [-0.39, 0.29) is 11.8 Å². The van der Waals surface area contributed by atoms with E-state index in [2.05, 4.69) is 25.8 Å². The van der Waals surface area contributed by atoms with Crippen LogP contribution in [0.2, 0.25) is 0 Å². The summed E-state index contributed by atoms with van der Waals surface area (Å²) in [5.41, 5.74) is 1.72. The van der Waals surface area contributed by atoms with Crippen molar-refractivity contribution in [1.29, 1.82) is 0 Å². The van der Waals surface area contributed by atoms with Gasteiger partial charge < -0.3 is 15.2 Å². The maximum Gasteiger partial charge on any atom is 0.233 e. The van der Waals surface area contributed by atoms with Crippen molar-refractivity contribution in [3.05, 3.63) is 42.7 Å². The minimum atomic E-state index is -1.05. The quantitative estimate of drug-likeness (QED) is 0.699. The van der Waals surface area contributed by atoms with Crippen LogP contribution in [0.4, 0.5) is 4.39 Å². The van der Waals surface area contributed by atoms with Gasteiger partial charge in [-0.3, -0.25) is 0 Å². The van der Waals surface area contributed by atoms with E-state index < -0.39 is 12.3 Å². The smallest absolute Gasteiger partial charge is 0.233 e. The van der Waals surface area contributed by atoms with Crippen LogP contribution in [-0.4, -0.2) is 54.7 Å². The van der Waals surface area contributed by atoms with Crippen LogP contribution >= 0.6 is 0 Å². The van der Waals surface area contributed by atoms with Crippen molar-refractivity contribution >= 4 is 0 Å². The number of hydrogen-bond acceptors (Lipinski definition) is 7. The molecular formula is C20H21FN6O2. The summed E-state index contributed by atoms with van der Waals surface area (Å²) < 4.78 is 22.0. The highest BCUT2D eigenvalue weighted by molar-refractivity contribution is 5.68. The van der Waals surface area contributed by atoms with Crippen LogP contribution < -0.4 is 10.1 Å². The molecule has 4 atom stereocenters. The molecule has 8 nitrogen and oxygen atoms in total. The first-order valence-electron chi connectivity index (χ1n) is 9.78. The van der Waals surface area contributed by atoms with E-state index in [1.54, 1.807) is 47.4 Å². The van der Waals surface area contributed by atoms with Gasteiger partial charge >= 0.3 is 0 Å². The summed E-state index contributed by atoms with van der Waals surface area (Å²) in [5, 5.41) is 29.6. The third-order valence-electron chi connectivity index (χ3n) is 5.63. The normalized spacial score (nSPS) is 26.2. The first-order valence-corrected chi connectivity index (χ1v) is 9.78. The zero-order valence-electron chi connectivity index (χ0n) is 15.6. The molecule has 2 aliphatic heterocycles. The zero-order chi connectivity index (χ0) is 19.8. The second kappa shape index (κ2) is 7.40. The third-order valence-corrected chi connectivity index (χ3v) is 5.63. The van der Waals surface area contributed by atoms with Crippen molar-refractivity contribution in [2.75, 3.05) is 0 Å². The lowest BCUT2D eigenvalue weighted by Gasteiger charge is -2.42. The lowest BCUT2D eigenvalue weighted by Crippen LogP contribution is -2.59. The Bertz CT molecular complexity index is 981. The Labute approximate surface area is 166 Å². The van der Waals surface area contributed by atoms with Crippen LogP contribution in [0.25, 0.3) is 16.9 Å². The van der Waals surface area contributed by atoms with Gasteiger partial charge in [0.05, 0.1) is 23.8 Å². The number of aromatic hydroxyl groups is 1. The van der Waals surface area contributed by atoms with Crippen molar-refractivity contribution in [2.24, 2.45) is 0 Å². The van der Waals surface area contributed by atoms with Crippen molar-refractivity contribution in [3.8, 4) is 28.6 Å². The number of halogens is 1. The minimum Gasteiger partial charge on any atom is -0.507 e. The molecule has 0 aliphatic carbocycles. The molecule has 2 fully saturated rings. The number of aromatic nitrogens is 5. The molecule has 150 valence electrons. The summed E-state index contributed by atoms with van der Waals surface area (Å²) in [5.74, 6) is 0.344. The topological polar surface area (TPSA) is 98.0 Å². The Morgan fingerprint density at radius 2 is 2.10 bits per heavy atom. The summed E-state index contributed by atoms with van der Waals surface area (Å²) >= 11 is 0. The summed E-state index contributed by atoms with van der Waals surface area (Å²) in [4.78, 5) is 0. The molecule has 5 rings (SSSR count). The lowest BCUT2D eigenvalue weighted by molar-refractivity contribution is 0.00652. The van der Waals surface area contributed by atoms with Crippen LogP contribution in [0.15, 0.2) is 42.7 Å². The Balaban J connectivity index is 1.31. The van der Waals surface area contributed by atoms with Gasteiger partial charge in [-0.1, -0.05) is 11.6 Å².